The number of sulfonamides is 1. The van der Waals surface area contributed by atoms with E-state index in [1.807, 2.05) is 0 Å². The first-order valence-electron chi connectivity index (χ1n) is 7.83. The smallest absolute Gasteiger partial charge is 0.238 e. The van der Waals surface area contributed by atoms with Crippen LogP contribution in [0.3, 0.4) is 0 Å². The monoisotopic (exact) mass is 375 g/mol. The molecule has 0 aromatic heterocycles. The number of piperazine rings is 1. The Morgan fingerprint density at radius 1 is 1.33 bits per heavy atom. The maximum Gasteiger partial charge on any atom is 0.238 e. The summed E-state index contributed by atoms with van der Waals surface area (Å²) in [6, 6.07) is 8.20. The van der Waals surface area contributed by atoms with Crippen molar-refractivity contribution in [3.05, 3.63) is 35.4 Å². The SMILES string of the molecule is CCc1ccc(C2CNCCN2C(=O)CN(C)S(C)(=O)=O)cc1.Cl. The molecule has 136 valence electrons. The number of carbonyl (C=O) groups is 1. The molecule has 1 aromatic rings. The van der Waals surface area contributed by atoms with Crippen LogP contribution >= 0.6 is 12.4 Å². The van der Waals surface area contributed by atoms with Crippen molar-refractivity contribution in [2.24, 2.45) is 0 Å². The van der Waals surface area contributed by atoms with E-state index in [2.05, 4.69) is 36.5 Å². The van der Waals surface area contributed by atoms with Gasteiger partial charge in [0.2, 0.25) is 15.9 Å². The van der Waals surface area contributed by atoms with Gasteiger partial charge in [0.1, 0.15) is 0 Å². The Morgan fingerprint density at radius 3 is 2.50 bits per heavy atom. The maximum absolute atomic E-state index is 12.6. The van der Waals surface area contributed by atoms with Gasteiger partial charge in [-0.2, -0.15) is 4.31 Å². The van der Waals surface area contributed by atoms with Crippen molar-refractivity contribution in [3.63, 3.8) is 0 Å². The first-order chi connectivity index (χ1) is 10.8. The summed E-state index contributed by atoms with van der Waals surface area (Å²) in [7, 11) is -1.93. The number of halogens is 1. The van der Waals surface area contributed by atoms with Crippen LogP contribution in [0.2, 0.25) is 0 Å². The molecule has 1 amide bonds. The molecule has 0 bridgehead atoms. The topological polar surface area (TPSA) is 69.7 Å². The average molecular weight is 376 g/mol. The van der Waals surface area contributed by atoms with E-state index in [0.29, 0.717) is 13.1 Å². The lowest BCUT2D eigenvalue weighted by Crippen LogP contribution is -2.51. The lowest BCUT2D eigenvalue weighted by molar-refractivity contribution is -0.134. The summed E-state index contributed by atoms with van der Waals surface area (Å²) in [6.45, 7) is 3.96. The van der Waals surface area contributed by atoms with Crippen LogP contribution in [0.4, 0.5) is 0 Å². The van der Waals surface area contributed by atoms with Crippen molar-refractivity contribution in [1.29, 1.82) is 0 Å². The first kappa shape index (κ1) is 20.9. The molecule has 0 aliphatic carbocycles. The molecule has 8 heteroatoms. The summed E-state index contributed by atoms with van der Waals surface area (Å²) in [6.07, 6.45) is 2.09. The van der Waals surface area contributed by atoms with Crippen molar-refractivity contribution >= 4 is 28.3 Å². The molecule has 1 heterocycles. The van der Waals surface area contributed by atoms with Gasteiger partial charge < -0.3 is 10.2 Å². The van der Waals surface area contributed by atoms with Crippen molar-refractivity contribution in [2.75, 3.05) is 39.5 Å². The molecule has 2 rings (SSSR count). The summed E-state index contributed by atoms with van der Waals surface area (Å²) >= 11 is 0. The Bertz CT molecular complexity index is 649. The van der Waals surface area contributed by atoms with E-state index in [4.69, 9.17) is 0 Å². The van der Waals surface area contributed by atoms with Crippen molar-refractivity contribution in [1.82, 2.24) is 14.5 Å². The molecule has 1 aliphatic rings. The lowest BCUT2D eigenvalue weighted by Gasteiger charge is -2.37. The Balaban J connectivity index is 0.00000288. The van der Waals surface area contributed by atoms with Gasteiger partial charge in [0.05, 0.1) is 18.8 Å². The van der Waals surface area contributed by atoms with Crippen LogP contribution in [-0.4, -0.2) is 63.0 Å². The van der Waals surface area contributed by atoms with Gasteiger partial charge in [-0.25, -0.2) is 8.42 Å². The number of aryl methyl sites for hydroxylation is 1. The number of hydrogen-bond acceptors (Lipinski definition) is 4. The molecule has 1 unspecified atom stereocenters. The Morgan fingerprint density at radius 2 is 1.96 bits per heavy atom. The number of likely N-dealkylation sites (N-methyl/N-ethyl adjacent to an activating group) is 1. The van der Waals surface area contributed by atoms with Crippen LogP contribution in [-0.2, 0) is 21.2 Å². The zero-order valence-corrected chi connectivity index (χ0v) is 16.0. The normalized spacial score (nSPS) is 18.3. The molecule has 0 saturated carbocycles. The number of nitrogens with one attached hydrogen (secondary N) is 1. The van der Waals surface area contributed by atoms with Gasteiger partial charge in [-0.3, -0.25) is 4.79 Å². The molecule has 0 spiro atoms. The van der Waals surface area contributed by atoms with Gasteiger partial charge in [-0.05, 0) is 17.5 Å². The molecular weight excluding hydrogens is 350 g/mol. The Labute approximate surface area is 150 Å². The molecule has 1 aliphatic heterocycles. The van der Waals surface area contributed by atoms with Gasteiger partial charge in [0.25, 0.3) is 0 Å². The number of carbonyl (C=O) groups excluding carboxylic acids is 1. The van der Waals surface area contributed by atoms with E-state index in [-0.39, 0.29) is 30.9 Å². The van der Waals surface area contributed by atoms with E-state index in [9.17, 15) is 13.2 Å². The fourth-order valence-electron chi connectivity index (χ4n) is 2.67. The predicted molar refractivity (Wildman–Crippen MR) is 97.9 cm³/mol. The summed E-state index contributed by atoms with van der Waals surface area (Å²) in [5.74, 6) is -0.163. The van der Waals surface area contributed by atoms with E-state index < -0.39 is 10.0 Å². The second-order valence-electron chi connectivity index (χ2n) is 5.92. The highest BCUT2D eigenvalue weighted by atomic mass is 35.5. The zero-order valence-electron chi connectivity index (χ0n) is 14.4. The van der Waals surface area contributed by atoms with Crippen molar-refractivity contribution in [2.45, 2.75) is 19.4 Å². The van der Waals surface area contributed by atoms with Crippen LogP contribution in [0.5, 0.6) is 0 Å². The lowest BCUT2D eigenvalue weighted by atomic mass is 10.0. The van der Waals surface area contributed by atoms with Crippen molar-refractivity contribution < 1.29 is 13.2 Å². The summed E-state index contributed by atoms with van der Waals surface area (Å²) < 4.78 is 24.1. The van der Waals surface area contributed by atoms with Gasteiger partial charge in [-0.1, -0.05) is 31.2 Å². The number of benzene rings is 1. The van der Waals surface area contributed by atoms with E-state index in [1.54, 1.807) is 4.90 Å². The van der Waals surface area contributed by atoms with Crippen LogP contribution in [0, 0.1) is 0 Å². The molecule has 1 aromatic carbocycles. The Hall–Kier alpha value is -1.15. The number of amides is 1. The first-order valence-corrected chi connectivity index (χ1v) is 9.68. The minimum atomic E-state index is -3.36. The molecule has 1 atom stereocenters. The highest BCUT2D eigenvalue weighted by Crippen LogP contribution is 2.23. The van der Waals surface area contributed by atoms with Crippen LogP contribution in [0.15, 0.2) is 24.3 Å². The number of hydrogen-bond donors (Lipinski definition) is 1. The van der Waals surface area contributed by atoms with Crippen LogP contribution < -0.4 is 5.32 Å². The number of rotatable bonds is 5. The van der Waals surface area contributed by atoms with Gasteiger partial charge in [-0.15, -0.1) is 12.4 Å². The largest absolute Gasteiger partial charge is 0.332 e. The Kier molecular flexibility index (Phi) is 7.66. The molecule has 6 nitrogen and oxygen atoms in total. The number of nitrogens with zero attached hydrogens (tertiary/aromatic N) is 2. The highest BCUT2D eigenvalue weighted by molar-refractivity contribution is 7.88. The minimum absolute atomic E-state index is 0. The fourth-order valence-corrected chi connectivity index (χ4v) is 3.02. The third-order valence-corrected chi connectivity index (χ3v) is 5.52. The highest BCUT2D eigenvalue weighted by Gasteiger charge is 2.29. The standard InChI is InChI=1S/C16H25N3O3S.ClH/c1-4-13-5-7-14(8-6-13)15-11-17-9-10-19(15)16(20)12-18(2)23(3,21)22;/h5-8,15,17H,4,9-12H2,1-3H3;1H. The van der Waals surface area contributed by atoms with E-state index in [1.165, 1.54) is 12.6 Å². The van der Waals surface area contributed by atoms with Gasteiger partial charge in [0, 0.05) is 26.7 Å². The van der Waals surface area contributed by atoms with Gasteiger partial charge >= 0.3 is 0 Å². The molecule has 1 saturated heterocycles. The summed E-state index contributed by atoms with van der Waals surface area (Å²) in [4.78, 5) is 14.3. The minimum Gasteiger partial charge on any atom is -0.332 e. The predicted octanol–water partition coefficient (Wildman–Crippen LogP) is 1.04. The third kappa shape index (κ3) is 5.17. The quantitative estimate of drug-likeness (QED) is 0.834. The van der Waals surface area contributed by atoms with Crippen LogP contribution in [0.1, 0.15) is 24.1 Å². The molecular formula is C16H26ClN3O3S. The maximum atomic E-state index is 12.6. The summed E-state index contributed by atoms with van der Waals surface area (Å²) in [5.41, 5.74) is 2.33. The fraction of sp³-hybridized carbons (Fsp3) is 0.562. The van der Waals surface area contributed by atoms with Gasteiger partial charge in [0.15, 0.2) is 0 Å². The molecule has 1 N–H and O–H groups in total. The average Bonchev–Trinajstić information content (AvgIpc) is 2.54. The third-order valence-electron chi connectivity index (χ3n) is 4.26. The summed E-state index contributed by atoms with van der Waals surface area (Å²) in [5, 5.41) is 3.30. The second-order valence-corrected chi connectivity index (χ2v) is 8.01. The second kappa shape index (κ2) is 8.80. The van der Waals surface area contributed by atoms with E-state index >= 15 is 0 Å². The zero-order chi connectivity index (χ0) is 17.0. The van der Waals surface area contributed by atoms with Crippen molar-refractivity contribution in [3.8, 4) is 0 Å². The van der Waals surface area contributed by atoms with Crippen LogP contribution in [0.25, 0.3) is 0 Å². The molecule has 24 heavy (non-hydrogen) atoms. The molecule has 0 radical (unpaired) electrons. The van der Waals surface area contributed by atoms with E-state index in [0.717, 1.165) is 29.1 Å². The molecule has 1 fully saturated rings.